The molecule has 0 aromatic heterocycles. The number of hydrogen-bond acceptors (Lipinski definition) is 8. The van der Waals surface area contributed by atoms with Crippen LogP contribution in [0.15, 0.2) is 103 Å². The van der Waals surface area contributed by atoms with E-state index in [9.17, 15) is 4.79 Å². The number of ether oxygens (including phenoxy) is 4. The summed E-state index contributed by atoms with van der Waals surface area (Å²) in [5.41, 5.74) is 5.17. The number of nitrogens with zero attached hydrogens (tertiary/aromatic N) is 4. The van der Waals surface area contributed by atoms with Gasteiger partial charge in [0, 0.05) is 83.7 Å². The van der Waals surface area contributed by atoms with Crippen molar-refractivity contribution in [2.75, 3.05) is 93.9 Å². The molecule has 7 rings (SSSR count). The summed E-state index contributed by atoms with van der Waals surface area (Å²) in [6, 6.07) is 30.5. The molecule has 2 amide bonds. The Morgan fingerprint density at radius 1 is 0.569 bits per heavy atom. The van der Waals surface area contributed by atoms with Gasteiger partial charge < -0.3 is 28.7 Å². The first-order valence-corrected chi connectivity index (χ1v) is 20.3. The second-order valence-electron chi connectivity index (χ2n) is 15.2. The molecule has 3 aliphatic rings. The van der Waals surface area contributed by atoms with Gasteiger partial charge in [-0.3, -0.25) is 19.4 Å². The molecule has 2 saturated heterocycles. The van der Waals surface area contributed by atoms with Crippen LogP contribution in [-0.2, 0) is 9.59 Å². The number of benzene rings is 4. The fourth-order valence-electron chi connectivity index (χ4n) is 8.77. The minimum atomic E-state index is -0.539. The van der Waals surface area contributed by atoms with Crippen LogP contribution in [0.4, 0.5) is 0 Å². The predicted molar refractivity (Wildman–Crippen MR) is 229 cm³/mol. The van der Waals surface area contributed by atoms with Gasteiger partial charge in [0.15, 0.2) is 23.0 Å². The molecule has 10 nitrogen and oxygen atoms in total. The molecule has 2 aliphatic heterocycles. The van der Waals surface area contributed by atoms with Crippen molar-refractivity contribution in [3.05, 3.63) is 131 Å². The molecule has 58 heavy (non-hydrogen) atoms. The lowest BCUT2D eigenvalue weighted by atomic mass is 9.79. The maximum absolute atomic E-state index is 15.2. The molecule has 0 saturated carbocycles. The Balaban J connectivity index is 1.14. The second-order valence-corrected chi connectivity index (χ2v) is 15.2. The maximum Gasteiger partial charge on any atom is 0.227 e. The molecule has 10 heteroatoms. The van der Waals surface area contributed by atoms with Crippen molar-refractivity contribution in [3.8, 4) is 23.0 Å². The third-order valence-electron chi connectivity index (χ3n) is 11.9. The molecule has 0 N–H and O–H groups in total. The minimum Gasteiger partial charge on any atom is -0.493 e. The van der Waals surface area contributed by atoms with E-state index in [1.54, 1.807) is 28.4 Å². The summed E-state index contributed by atoms with van der Waals surface area (Å²) in [6.07, 6.45) is 8.88. The minimum absolute atomic E-state index is 0.0567. The van der Waals surface area contributed by atoms with Crippen LogP contribution in [-0.4, -0.2) is 125 Å². The Kier molecular flexibility index (Phi) is 13.5. The molecule has 1 aliphatic carbocycles. The van der Waals surface area contributed by atoms with Gasteiger partial charge in [0.2, 0.25) is 11.8 Å². The number of piperazine rings is 2. The summed E-state index contributed by atoms with van der Waals surface area (Å²) in [5.74, 6) is 1.19. The van der Waals surface area contributed by atoms with E-state index < -0.39 is 5.92 Å². The summed E-state index contributed by atoms with van der Waals surface area (Å²) in [6.45, 7) is 7.25. The molecule has 0 spiro atoms. The molecule has 2 fully saturated rings. The predicted octanol–water partition coefficient (Wildman–Crippen LogP) is 6.67. The van der Waals surface area contributed by atoms with E-state index in [4.69, 9.17) is 18.9 Å². The summed E-state index contributed by atoms with van der Waals surface area (Å²) >= 11 is 0. The normalized spacial score (nSPS) is 20.0. The molecule has 3 unspecified atom stereocenters. The summed E-state index contributed by atoms with van der Waals surface area (Å²) in [7, 11) is 6.48. The van der Waals surface area contributed by atoms with Crippen LogP contribution in [0.2, 0.25) is 0 Å². The third-order valence-corrected chi connectivity index (χ3v) is 11.9. The number of methoxy groups -OCH3 is 4. The fourth-order valence-corrected chi connectivity index (χ4v) is 8.77. The van der Waals surface area contributed by atoms with Crippen molar-refractivity contribution in [3.63, 3.8) is 0 Å². The van der Waals surface area contributed by atoms with Gasteiger partial charge in [0.25, 0.3) is 0 Å². The van der Waals surface area contributed by atoms with Gasteiger partial charge in [0.05, 0.1) is 34.4 Å². The van der Waals surface area contributed by atoms with E-state index in [0.29, 0.717) is 49.2 Å². The monoisotopic (exact) mass is 784 g/mol. The van der Waals surface area contributed by atoms with Gasteiger partial charge in [-0.2, -0.15) is 0 Å². The van der Waals surface area contributed by atoms with Crippen LogP contribution >= 0.6 is 0 Å². The number of fused-ring (bicyclic) bond motifs is 1. The Morgan fingerprint density at radius 3 is 1.57 bits per heavy atom. The Hall–Kier alpha value is -5.58. The highest BCUT2D eigenvalue weighted by atomic mass is 16.5. The van der Waals surface area contributed by atoms with Crippen LogP contribution in [0.5, 0.6) is 23.0 Å². The molecule has 304 valence electrons. The standard InChI is InChI=1S/C48H56N4O6/c1-55-41-20-19-37(31-42(41)56-2)46-39-33-44(58-4)43(57-3)32-38(39)40(34-45(53)51-27-23-49(24-28-51)21-11-17-35-13-7-5-8-14-35)47(46)48(54)52-29-25-50(26-30-52)22-12-18-36-15-9-6-10-16-36/h5-20,31-33,40,46-47H,21-30,34H2,1-4H3. The number of carbonyl (C=O) groups excluding carboxylic acids is 2. The van der Waals surface area contributed by atoms with Crippen LogP contribution in [0.25, 0.3) is 12.2 Å². The lowest BCUT2D eigenvalue weighted by molar-refractivity contribution is -0.139. The van der Waals surface area contributed by atoms with Gasteiger partial charge >= 0.3 is 0 Å². The average Bonchev–Trinajstić information content (AvgIpc) is 3.58. The van der Waals surface area contributed by atoms with E-state index in [-0.39, 0.29) is 30.1 Å². The number of hydrogen-bond donors (Lipinski definition) is 0. The summed E-state index contributed by atoms with van der Waals surface area (Å²) < 4.78 is 23.0. The van der Waals surface area contributed by atoms with Gasteiger partial charge in [0.1, 0.15) is 0 Å². The van der Waals surface area contributed by atoms with E-state index in [1.165, 1.54) is 11.1 Å². The fraction of sp³-hybridized carbons (Fsp3) is 0.375. The summed E-state index contributed by atoms with van der Waals surface area (Å²) in [4.78, 5) is 38.4. The lowest BCUT2D eigenvalue weighted by Crippen LogP contribution is -2.51. The van der Waals surface area contributed by atoms with Gasteiger partial charge in [-0.25, -0.2) is 0 Å². The van der Waals surface area contributed by atoms with Crippen LogP contribution in [0, 0.1) is 5.92 Å². The highest BCUT2D eigenvalue weighted by molar-refractivity contribution is 5.86. The first-order chi connectivity index (χ1) is 28.4. The van der Waals surface area contributed by atoms with Gasteiger partial charge in [-0.15, -0.1) is 0 Å². The Bertz CT molecular complexity index is 2060. The van der Waals surface area contributed by atoms with Crippen molar-refractivity contribution in [1.29, 1.82) is 0 Å². The SMILES string of the molecule is COc1ccc(C2c3cc(OC)c(OC)cc3C(CC(=O)N3CCN(CC=Cc4ccccc4)CC3)C2C(=O)N2CCN(CC=Cc3ccccc3)CC2)cc1OC. The van der Waals surface area contributed by atoms with E-state index in [2.05, 4.69) is 58.4 Å². The number of rotatable bonds is 14. The number of carbonyl (C=O) groups is 2. The van der Waals surface area contributed by atoms with Crippen molar-refractivity contribution >= 4 is 24.0 Å². The average molecular weight is 785 g/mol. The largest absolute Gasteiger partial charge is 0.493 e. The molecule has 3 atom stereocenters. The molecular weight excluding hydrogens is 729 g/mol. The van der Waals surface area contributed by atoms with Crippen molar-refractivity contribution < 1.29 is 28.5 Å². The highest BCUT2D eigenvalue weighted by Crippen LogP contribution is 2.55. The molecule has 4 aromatic carbocycles. The van der Waals surface area contributed by atoms with E-state index in [1.807, 2.05) is 76.5 Å². The molecule has 0 bridgehead atoms. The van der Waals surface area contributed by atoms with Crippen LogP contribution in [0.3, 0.4) is 0 Å². The van der Waals surface area contributed by atoms with Crippen molar-refractivity contribution in [2.45, 2.75) is 18.3 Å². The number of amides is 2. The zero-order valence-corrected chi connectivity index (χ0v) is 34.2. The quantitative estimate of drug-likeness (QED) is 0.140. The van der Waals surface area contributed by atoms with Crippen molar-refractivity contribution in [2.24, 2.45) is 5.92 Å². The van der Waals surface area contributed by atoms with Crippen LogP contribution < -0.4 is 18.9 Å². The summed E-state index contributed by atoms with van der Waals surface area (Å²) in [5, 5.41) is 0. The topological polar surface area (TPSA) is 84.0 Å². The zero-order valence-electron chi connectivity index (χ0n) is 34.2. The van der Waals surface area contributed by atoms with Crippen molar-refractivity contribution in [1.82, 2.24) is 19.6 Å². The zero-order chi connectivity index (χ0) is 40.4. The van der Waals surface area contributed by atoms with Gasteiger partial charge in [-0.1, -0.05) is 91.0 Å². The van der Waals surface area contributed by atoms with E-state index >= 15 is 4.79 Å². The third kappa shape index (κ3) is 9.24. The Morgan fingerprint density at radius 2 is 1.05 bits per heavy atom. The van der Waals surface area contributed by atoms with Gasteiger partial charge in [-0.05, 0) is 52.1 Å². The maximum atomic E-state index is 15.2. The second kappa shape index (κ2) is 19.2. The highest BCUT2D eigenvalue weighted by Gasteiger charge is 2.49. The smallest absolute Gasteiger partial charge is 0.227 e. The molecular formula is C48H56N4O6. The Labute approximate surface area is 343 Å². The molecule has 4 aromatic rings. The molecule has 2 heterocycles. The lowest BCUT2D eigenvalue weighted by Gasteiger charge is -2.38. The van der Waals surface area contributed by atoms with E-state index in [0.717, 1.165) is 56.0 Å². The van der Waals surface area contributed by atoms with Crippen LogP contribution in [0.1, 0.15) is 46.1 Å². The first kappa shape index (κ1) is 40.6. The first-order valence-electron chi connectivity index (χ1n) is 20.3. The molecule has 0 radical (unpaired) electrons.